The van der Waals surface area contributed by atoms with Crippen LogP contribution in [0.4, 0.5) is 0 Å². The summed E-state index contributed by atoms with van der Waals surface area (Å²) in [4.78, 5) is 5.86. The van der Waals surface area contributed by atoms with Crippen molar-refractivity contribution in [1.29, 1.82) is 0 Å². The minimum absolute atomic E-state index is 0.520. The first-order chi connectivity index (χ1) is 7.66. The third kappa shape index (κ3) is 2.81. The van der Waals surface area contributed by atoms with Crippen LogP contribution < -0.4 is 5.32 Å². The summed E-state index contributed by atoms with van der Waals surface area (Å²) in [5, 5.41) is 4.74. The van der Waals surface area contributed by atoms with Gasteiger partial charge in [0.25, 0.3) is 0 Å². The molecule has 0 saturated carbocycles. The molecule has 1 aliphatic rings. The average molecular weight is 240 g/mol. The second-order valence-electron chi connectivity index (χ2n) is 4.54. The van der Waals surface area contributed by atoms with E-state index in [1.54, 1.807) is 11.3 Å². The van der Waals surface area contributed by atoms with Crippen molar-refractivity contribution in [3.8, 4) is 0 Å². The fourth-order valence-corrected chi connectivity index (χ4v) is 2.86. The summed E-state index contributed by atoms with van der Waals surface area (Å²) in [7, 11) is 0. The van der Waals surface area contributed by atoms with E-state index in [0.717, 1.165) is 19.8 Å². The molecule has 1 aliphatic heterocycles. The third-order valence-corrected chi connectivity index (χ3v) is 4.39. The van der Waals surface area contributed by atoms with Crippen LogP contribution in [0, 0.1) is 19.8 Å². The van der Waals surface area contributed by atoms with Gasteiger partial charge in [0.2, 0.25) is 0 Å². The Hall–Kier alpha value is -0.450. The van der Waals surface area contributed by atoms with Gasteiger partial charge in [-0.25, -0.2) is 4.98 Å². The molecule has 1 saturated heterocycles. The summed E-state index contributed by atoms with van der Waals surface area (Å²) in [5.41, 5.74) is 1.17. The van der Waals surface area contributed by atoms with E-state index in [2.05, 4.69) is 31.1 Å². The van der Waals surface area contributed by atoms with Crippen LogP contribution in [-0.2, 0) is 11.3 Å². The summed E-state index contributed by atoms with van der Waals surface area (Å²) >= 11 is 1.79. The summed E-state index contributed by atoms with van der Waals surface area (Å²) in [6.45, 7) is 9.16. The lowest BCUT2D eigenvalue weighted by atomic mass is 10.0. The molecular formula is C12H20N2OS. The number of rotatable bonds is 4. The number of hydrogen-bond donors (Lipinski definition) is 1. The monoisotopic (exact) mass is 240 g/mol. The van der Waals surface area contributed by atoms with E-state index in [1.807, 2.05) is 0 Å². The Morgan fingerprint density at radius 3 is 2.94 bits per heavy atom. The van der Waals surface area contributed by atoms with E-state index < -0.39 is 0 Å². The second-order valence-corrected chi connectivity index (χ2v) is 5.83. The topological polar surface area (TPSA) is 34.2 Å². The molecule has 0 aliphatic carbocycles. The number of ether oxygens (including phenoxy) is 1. The molecule has 0 spiro atoms. The van der Waals surface area contributed by atoms with Crippen LogP contribution in [0.3, 0.4) is 0 Å². The fourth-order valence-electron chi connectivity index (χ4n) is 1.98. The summed E-state index contributed by atoms with van der Waals surface area (Å²) < 4.78 is 5.40. The van der Waals surface area contributed by atoms with Crippen molar-refractivity contribution in [2.75, 3.05) is 13.2 Å². The first-order valence-corrected chi connectivity index (χ1v) is 6.72. The lowest BCUT2D eigenvalue weighted by Crippen LogP contribution is -2.33. The Balaban J connectivity index is 1.82. The van der Waals surface area contributed by atoms with Gasteiger partial charge in [-0.15, -0.1) is 11.3 Å². The summed E-state index contributed by atoms with van der Waals surface area (Å²) in [5.74, 6) is 0.669. The van der Waals surface area contributed by atoms with Gasteiger partial charge in [-0.2, -0.15) is 0 Å². The predicted molar refractivity (Wildman–Crippen MR) is 66.8 cm³/mol. The van der Waals surface area contributed by atoms with Crippen LogP contribution in [0.2, 0.25) is 0 Å². The molecule has 2 heterocycles. The highest BCUT2D eigenvalue weighted by Crippen LogP contribution is 2.19. The van der Waals surface area contributed by atoms with E-state index in [4.69, 9.17) is 4.74 Å². The number of aryl methyl sites for hydroxylation is 2. The summed E-state index contributed by atoms with van der Waals surface area (Å²) in [6.07, 6.45) is 1.18. The first-order valence-electron chi connectivity index (χ1n) is 5.91. The first kappa shape index (κ1) is 12.0. The van der Waals surface area contributed by atoms with E-state index in [-0.39, 0.29) is 0 Å². The number of hydrogen-bond acceptors (Lipinski definition) is 4. The maximum absolute atomic E-state index is 5.40. The molecular weight excluding hydrogens is 220 g/mol. The molecule has 0 bridgehead atoms. The second kappa shape index (κ2) is 5.25. The molecule has 1 N–H and O–H groups in total. The number of thiazole rings is 1. The molecule has 90 valence electrons. The van der Waals surface area contributed by atoms with Crippen molar-refractivity contribution < 1.29 is 4.74 Å². The number of aromatic nitrogens is 1. The van der Waals surface area contributed by atoms with E-state index in [0.29, 0.717) is 12.0 Å². The Kier molecular flexibility index (Phi) is 3.95. The zero-order valence-electron chi connectivity index (χ0n) is 10.2. The van der Waals surface area contributed by atoms with Crippen LogP contribution >= 0.6 is 11.3 Å². The molecule has 1 fully saturated rings. The normalized spacial score (nSPS) is 22.6. The lowest BCUT2D eigenvalue weighted by Gasteiger charge is -2.18. The van der Waals surface area contributed by atoms with E-state index >= 15 is 0 Å². The molecule has 0 aromatic carbocycles. The smallest absolute Gasteiger partial charge is 0.107 e. The van der Waals surface area contributed by atoms with Gasteiger partial charge < -0.3 is 10.1 Å². The van der Waals surface area contributed by atoms with Crippen molar-refractivity contribution in [3.05, 3.63) is 15.6 Å². The van der Waals surface area contributed by atoms with Crippen molar-refractivity contribution in [2.45, 2.75) is 39.8 Å². The molecule has 1 aromatic heterocycles. The molecule has 3 nitrogen and oxygen atoms in total. The SMILES string of the molecule is Cc1nc(CNC(C)C2CCOC2)sc1C. The van der Waals surface area contributed by atoms with Gasteiger partial charge in [0.15, 0.2) is 0 Å². The van der Waals surface area contributed by atoms with E-state index in [9.17, 15) is 0 Å². The largest absolute Gasteiger partial charge is 0.381 e. The maximum Gasteiger partial charge on any atom is 0.107 e. The van der Waals surface area contributed by atoms with Crippen molar-refractivity contribution >= 4 is 11.3 Å². The molecule has 0 radical (unpaired) electrons. The standard InChI is InChI=1S/C12H20N2OS/c1-8-10(3)16-12(14-8)6-13-9(2)11-4-5-15-7-11/h9,11,13H,4-7H2,1-3H3. The van der Waals surface area contributed by atoms with Crippen molar-refractivity contribution in [1.82, 2.24) is 10.3 Å². The lowest BCUT2D eigenvalue weighted by molar-refractivity contribution is 0.178. The zero-order chi connectivity index (χ0) is 11.5. The van der Waals surface area contributed by atoms with Crippen LogP contribution in [0.5, 0.6) is 0 Å². The Morgan fingerprint density at radius 1 is 1.56 bits per heavy atom. The van der Waals surface area contributed by atoms with Crippen molar-refractivity contribution in [3.63, 3.8) is 0 Å². The van der Waals surface area contributed by atoms with Gasteiger partial charge in [-0.3, -0.25) is 0 Å². The third-order valence-electron chi connectivity index (χ3n) is 3.32. The minimum atomic E-state index is 0.520. The number of nitrogens with zero attached hydrogens (tertiary/aromatic N) is 1. The van der Waals surface area contributed by atoms with Crippen LogP contribution in [0.1, 0.15) is 28.9 Å². The molecule has 16 heavy (non-hydrogen) atoms. The molecule has 0 amide bonds. The molecule has 2 rings (SSSR count). The van der Waals surface area contributed by atoms with Gasteiger partial charge in [-0.1, -0.05) is 0 Å². The molecule has 4 heteroatoms. The van der Waals surface area contributed by atoms with Gasteiger partial charge in [0.05, 0.1) is 12.3 Å². The summed E-state index contributed by atoms with van der Waals surface area (Å²) in [6, 6.07) is 0.520. The predicted octanol–water partition coefficient (Wildman–Crippen LogP) is 2.27. The van der Waals surface area contributed by atoms with Crippen LogP contribution in [0.25, 0.3) is 0 Å². The molecule has 1 aromatic rings. The van der Waals surface area contributed by atoms with E-state index in [1.165, 1.54) is 22.0 Å². The zero-order valence-corrected chi connectivity index (χ0v) is 11.1. The maximum atomic E-state index is 5.40. The highest BCUT2D eigenvalue weighted by Gasteiger charge is 2.21. The Bertz CT molecular complexity index is 325. The van der Waals surface area contributed by atoms with Gasteiger partial charge in [-0.05, 0) is 33.1 Å². The van der Waals surface area contributed by atoms with Crippen LogP contribution in [-0.4, -0.2) is 24.2 Å². The average Bonchev–Trinajstić information content (AvgIpc) is 2.86. The van der Waals surface area contributed by atoms with Crippen LogP contribution in [0.15, 0.2) is 0 Å². The van der Waals surface area contributed by atoms with Crippen molar-refractivity contribution in [2.24, 2.45) is 5.92 Å². The highest BCUT2D eigenvalue weighted by atomic mass is 32.1. The minimum Gasteiger partial charge on any atom is -0.381 e. The van der Waals surface area contributed by atoms with Gasteiger partial charge >= 0.3 is 0 Å². The fraction of sp³-hybridized carbons (Fsp3) is 0.750. The highest BCUT2D eigenvalue weighted by molar-refractivity contribution is 7.11. The number of nitrogens with one attached hydrogen (secondary N) is 1. The molecule has 2 atom stereocenters. The van der Waals surface area contributed by atoms with Gasteiger partial charge in [0.1, 0.15) is 5.01 Å². The Morgan fingerprint density at radius 2 is 2.38 bits per heavy atom. The molecule has 2 unspecified atom stereocenters. The quantitative estimate of drug-likeness (QED) is 0.876. The van der Waals surface area contributed by atoms with Gasteiger partial charge in [0, 0.05) is 24.1 Å². The Labute approximate surface area is 101 Å².